The van der Waals surface area contributed by atoms with Gasteiger partial charge < -0.3 is 0 Å². The van der Waals surface area contributed by atoms with Crippen LogP contribution < -0.4 is 5.56 Å². The molecule has 0 atom stereocenters. The van der Waals surface area contributed by atoms with Crippen molar-refractivity contribution in [3.63, 3.8) is 0 Å². The van der Waals surface area contributed by atoms with Gasteiger partial charge in [-0.15, -0.1) is 11.3 Å². The monoisotopic (exact) mass is 254 g/mol. The van der Waals surface area contributed by atoms with E-state index in [1.807, 2.05) is 11.4 Å². The first-order chi connectivity index (χ1) is 7.66. The quantitative estimate of drug-likeness (QED) is 0.789. The van der Waals surface area contributed by atoms with E-state index >= 15 is 0 Å². The fraction of sp³-hybridized carbons (Fsp3) is 0.273. The molecule has 84 valence electrons. The van der Waals surface area contributed by atoms with Crippen LogP contribution in [0.25, 0.3) is 0 Å². The number of aryl methyl sites for hydroxylation is 2. The van der Waals surface area contributed by atoms with Crippen molar-refractivity contribution in [3.05, 3.63) is 49.8 Å². The molecule has 0 saturated heterocycles. The van der Waals surface area contributed by atoms with Gasteiger partial charge in [0.05, 0.1) is 0 Å². The van der Waals surface area contributed by atoms with Gasteiger partial charge in [0.15, 0.2) is 0 Å². The van der Waals surface area contributed by atoms with Crippen molar-refractivity contribution in [2.75, 3.05) is 0 Å². The summed E-state index contributed by atoms with van der Waals surface area (Å²) in [6, 6.07) is 5.42. The third-order valence-corrected chi connectivity index (χ3v) is 3.46. The molecule has 5 heteroatoms. The van der Waals surface area contributed by atoms with Gasteiger partial charge in [-0.05, 0) is 24.8 Å². The van der Waals surface area contributed by atoms with Gasteiger partial charge in [0.2, 0.25) is 0 Å². The van der Waals surface area contributed by atoms with Crippen LogP contribution >= 0.6 is 22.9 Å². The molecule has 2 aromatic rings. The van der Waals surface area contributed by atoms with Gasteiger partial charge in [-0.3, -0.25) is 9.36 Å². The highest BCUT2D eigenvalue weighted by atomic mass is 35.5. The van der Waals surface area contributed by atoms with Crippen LogP contribution in [-0.2, 0) is 13.0 Å². The Morgan fingerprint density at radius 2 is 2.38 bits per heavy atom. The second kappa shape index (κ2) is 4.80. The second-order valence-electron chi connectivity index (χ2n) is 3.45. The molecule has 0 bridgehead atoms. The highest BCUT2D eigenvalue weighted by Gasteiger charge is 2.04. The summed E-state index contributed by atoms with van der Waals surface area (Å²) in [5.74, 6) is 0.661. The summed E-state index contributed by atoms with van der Waals surface area (Å²) in [7, 11) is 0. The number of hydrogen-bond acceptors (Lipinski definition) is 3. The first-order valence-corrected chi connectivity index (χ1v) is 6.19. The number of thiophene rings is 1. The Labute approximate surface area is 102 Å². The third-order valence-electron chi connectivity index (χ3n) is 2.33. The smallest absolute Gasteiger partial charge is 0.254 e. The molecular formula is C11H11ClN2OS. The van der Waals surface area contributed by atoms with Crippen LogP contribution in [0.1, 0.15) is 10.7 Å². The van der Waals surface area contributed by atoms with Crippen molar-refractivity contribution >= 4 is 22.9 Å². The number of nitrogens with zero attached hydrogens (tertiary/aromatic N) is 2. The normalized spacial score (nSPS) is 10.6. The zero-order chi connectivity index (χ0) is 11.5. The molecule has 0 unspecified atom stereocenters. The fourth-order valence-corrected chi connectivity index (χ4v) is 2.45. The minimum Gasteiger partial charge on any atom is -0.296 e. The Bertz CT molecular complexity index is 533. The van der Waals surface area contributed by atoms with Crippen molar-refractivity contribution in [2.24, 2.45) is 0 Å². The Morgan fingerprint density at radius 1 is 1.56 bits per heavy atom. The van der Waals surface area contributed by atoms with E-state index in [0.717, 1.165) is 6.42 Å². The average Bonchev–Trinajstić information content (AvgIpc) is 2.68. The van der Waals surface area contributed by atoms with E-state index in [0.29, 0.717) is 12.4 Å². The van der Waals surface area contributed by atoms with Gasteiger partial charge >= 0.3 is 0 Å². The molecule has 0 aliphatic rings. The Balaban J connectivity index is 2.19. The molecule has 0 N–H and O–H groups in total. The number of aromatic nitrogens is 2. The van der Waals surface area contributed by atoms with Crippen molar-refractivity contribution in [1.29, 1.82) is 0 Å². The lowest BCUT2D eigenvalue weighted by atomic mass is 10.3. The van der Waals surface area contributed by atoms with E-state index in [9.17, 15) is 4.79 Å². The van der Waals surface area contributed by atoms with Gasteiger partial charge in [-0.1, -0.05) is 17.7 Å². The topological polar surface area (TPSA) is 34.9 Å². The van der Waals surface area contributed by atoms with Gasteiger partial charge in [0.25, 0.3) is 5.56 Å². The van der Waals surface area contributed by atoms with Crippen LogP contribution in [0.4, 0.5) is 0 Å². The fourth-order valence-electron chi connectivity index (χ4n) is 1.54. The summed E-state index contributed by atoms with van der Waals surface area (Å²) in [4.78, 5) is 17.0. The van der Waals surface area contributed by atoms with E-state index in [4.69, 9.17) is 11.6 Å². The molecule has 0 aliphatic heterocycles. The van der Waals surface area contributed by atoms with Crippen LogP contribution in [-0.4, -0.2) is 9.55 Å². The van der Waals surface area contributed by atoms with Gasteiger partial charge in [0.1, 0.15) is 11.0 Å². The summed E-state index contributed by atoms with van der Waals surface area (Å²) in [6.45, 7) is 2.44. The Morgan fingerprint density at radius 3 is 3.00 bits per heavy atom. The van der Waals surface area contributed by atoms with Crippen molar-refractivity contribution in [1.82, 2.24) is 9.55 Å². The molecule has 2 heterocycles. The molecule has 0 aromatic carbocycles. The van der Waals surface area contributed by atoms with E-state index in [1.54, 1.807) is 22.8 Å². The maximum absolute atomic E-state index is 11.7. The lowest BCUT2D eigenvalue weighted by Gasteiger charge is -2.07. The van der Waals surface area contributed by atoms with Gasteiger partial charge in [-0.2, -0.15) is 0 Å². The van der Waals surface area contributed by atoms with E-state index < -0.39 is 0 Å². The minimum absolute atomic E-state index is 0.0888. The van der Waals surface area contributed by atoms with Crippen LogP contribution in [0.2, 0.25) is 5.15 Å². The van der Waals surface area contributed by atoms with Gasteiger partial charge in [0, 0.05) is 17.5 Å². The van der Waals surface area contributed by atoms with Crippen molar-refractivity contribution in [3.8, 4) is 0 Å². The molecule has 0 fully saturated rings. The number of rotatable bonds is 3. The molecule has 16 heavy (non-hydrogen) atoms. The average molecular weight is 255 g/mol. The van der Waals surface area contributed by atoms with Crippen LogP contribution in [0.15, 0.2) is 28.4 Å². The minimum atomic E-state index is -0.0888. The van der Waals surface area contributed by atoms with E-state index in [-0.39, 0.29) is 10.7 Å². The maximum atomic E-state index is 11.7. The van der Waals surface area contributed by atoms with E-state index in [1.165, 1.54) is 10.9 Å². The molecule has 0 saturated carbocycles. The summed E-state index contributed by atoms with van der Waals surface area (Å²) in [5.41, 5.74) is -0.0888. The van der Waals surface area contributed by atoms with Crippen LogP contribution in [0.5, 0.6) is 0 Å². The predicted molar refractivity (Wildman–Crippen MR) is 66.3 cm³/mol. The first-order valence-electron chi connectivity index (χ1n) is 4.93. The van der Waals surface area contributed by atoms with E-state index in [2.05, 4.69) is 11.1 Å². The molecule has 2 aromatic heterocycles. The number of hydrogen-bond donors (Lipinski definition) is 0. The van der Waals surface area contributed by atoms with Crippen LogP contribution in [0.3, 0.4) is 0 Å². The molecule has 2 rings (SSSR count). The first kappa shape index (κ1) is 11.4. The van der Waals surface area contributed by atoms with Crippen molar-refractivity contribution in [2.45, 2.75) is 19.9 Å². The molecule has 0 radical (unpaired) electrons. The molecule has 3 nitrogen and oxygen atoms in total. The molecule has 0 spiro atoms. The largest absolute Gasteiger partial charge is 0.296 e. The highest BCUT2D eigenvalue weighted by Crippen LogP contribution is 2.10. The zero-order valence-electron chi connectivity index (χ0n) is 8.81. The summed E-state index contributed by atoms with van der Waals surface area (Å²) in [6.07, 6.45) is 0.849. The van der Waals surface area contributed by atoms with Crippen LogP contribution in [0, 0.1) is 6.92 Å². The standard InChI is InChI=1S/C11H11ClN2OS/c1-8-13-10(12)7-11(15)14(8)5-4-9-3-2-6-16-9/h2-3,6-7H,4-5H2,1H3. The predicted octanol–water partition coefficient (Wildman–Crippen LogP) is 2.51. The Kier molecular flexibility index (Phi) is 3.41. The highest BCUT2D eigenvalue weighted by molar-refractivity contribution is 7.09. The summed E-state index contributed by atoms with van der Waals surface area (Å²) in [5, 5.41) is 2.29. The third kappa shape index (κ3) is 2.51. The lowest BCUT2D eigenvalue weighted by molar-refractivity contribution is 0.633. The Hall–Kier alpha value is -1.13. The number of halogens is 1. The SMILES string of the molecule is Cc1nc(Cl)cc(=O)n1CCc1cccs1. The second-order valence-corrected chi connectivity index (χ2v) is 4.86. The molecule has 0 amide bonds. The van der Waals surface area contributed by atoms with Gasteiger partial charge in [-0.25, -0.2) is 4.98 Å². The summed E-state index contributed by atoms with van der Waals surface area (Å²) < 4.78 is 1.64. The zero-order valence-corrected chi connectivity index (χ0v) is 10.4. The molecule has 0 aliphatic carbocycles. The molecular weight excluding hydrogens is 244 g/mol. The van der Waals surface area contributed by atoms with Crippen molar-refractivity contribution < 1.29 is 0 Å². The lowest BCUT2D eigenvalue weighted by Crippen LogP contribution is -2.23. The summed E-state index contributed by atoms with van der Waals surface area (Å²) >= 11 is 7.39. The maximum Gasteiger partial charge on any atom is 0.254 e.